The number of carbonyl (C=O) groups is 1. The van der Waals surface area contributed by atoms with Gasteiger partial charge in [0, 0.05) is 22.9 Å². The van der Waals surface area contributed by atoms with Crippen molar-refractivity contribution in [2.75, 3.05) is 12.8 Å². The molecule has 19 heavy (non-hydrogen) atoms. The van der Waals surface area contributed by atoms with Crippen molar-refractivity contribution < 1.29 is 13.2 Å². The zero-order valence-corrected chi connectivity index (χ0v) is 14.0. The molecule has 0 unspecified atom stereocenters. The maximum Gasteiger partial charge on any atom is 0.211 e. The molecule has 0 heterocycles. The SMILES string of the molecule is CC(C)(C)C(=O)C1(CN(C(C)(C)C)S(C)(=O)=O)CC1. The summed E-state index contributed by atoms with van der Waals surface area (Å²) in [7, 11) is -3.31. The van der Waals surface area contributed by atoms with Gasteiger partial charge in [0.25, 0.3) is 0 Å². The summed E-state index contributed by atoms with van der Waals surface area (Å²) >= 11 is 0. The highest BCUT2D eigenvalue weighted by Gasteiger charge is 2.55. The molecular formula is C14H27NO3S. The molecule has 0 radical (unpaired) electrons. The Hall–Kier alpha value is -0.420. The number of hydrogen-bond acceptors (Lipinski definition) is 3. The molecule has 0 aromatic carbocycles. The molecule has 1 fully saturated rings. The van der Waals surface area contributed by atoms with Crippen molar-refractivity contribution in [3.63, 3.8) is 0 Å². The normalized spacial score (nSPS) is 19.6. The third-order valence-corrected chi connectivity index (χ3v) is 5.09. The first-order valence-electron chi connectivity index (χ1n) is 6.73. The molecule has 1 saturated carbocycles. The van der Waals surface area contributed by atoms with Crippen LogP contribution in [0.2, 0.25) is 0 Å². The molecule has 0 saturated heterocycles. The van der Waals surface area contributed by atoms with Gasteiger partial charge >= 0.3 is 0 Å². The van der Waals surface area contributed by atoms with Crippen LogP contribution in [0.5, 0.6) is 0 Å². The summed E-state index contributed by atoms with van der Waals surface area (Å²) in [6.45, 7) is 11.6. The Morgan fingerprint density at radius 2 is 1.53 bits per heavy atom. The lowest BCUT2D eigenvalue weighted by Gasteiger charge is -2.37. The van der Waals surface area contributed by atoms with E-state index < -0.39 is 26.4 Å². The molecule has 0 aromatic heterocycles. The van der Waals surface area contributed by atoms with E-state index in [2.05, 4.69) is 0 Å². The van der Waals surface area contributed by atoms with Gasteiger partial charge in [0.1, 0.15) is 5.78 Å². The lowest BCUT2D eigenvalue weighted by Crippen LogP contribution is -2.50. The second-order valence-electron chi connectivity index (χ2n) is 7.80. The van der Waals surface area contributed by atoms with Crippen molar-refractivity contribution in [3.8, 4) is 0 Å². The molecule has 0 spiro atoms. The van der Waals surface area contributed by atoms with E-state index in [4.69, 9.17) is 0 Å². The van der Waals surface area contributed by atoms with E-state index in [0.717, 1.165) is 12.8 Å². The monoisotopic (exact) mass is 289 g/mol. The molecule has 0 aromatic rings. The van der Waals surface area contributed by atoms with E-state index in [1.807, 2.05) is 41.5 Å². The van der Waals surface area contributed by atoms with Crippen LogP contribution in [0.3, 0.4) is 0 Å². The van der Waals surface area contributed by atoms with Crippen molar-refractivity contribution in [2.45, 2.75) is 59.9 Å². The minimum atomic E-state index is -3.31. The average molecular weight is 289 g/mol. The highest BCUT2D eigenvalue weighted by molar-refractivity contribution is 7.88. The van der Waals surface area contributed by atoms with Crippen molar-refractivity contribution >= 4 is 15.8 Å². The van der Waals surface area contributed by atoms with Gasteiger partial charge in [0.15, 0.2) is 0 Å². The molecule has 0 atom stereocenters. The molecule has 0 aliphatic heterocycles. The second kappa shape index (κ2) is 4.55. The molecule has 0 amide bonds. The molecule has 4 nitrogen and oxygen atoms in total. The van der Waals surface area contributed by atoms with E-state index >= 15 is 0 Å². The smallest absolute Gasteiger partial charge is 0.211 e. The summed E-state index contributed by atoms with van der Waals surface area (Å²) in [5, 5.41) is 0. The van der Waals surface area contributed by atoms with Gasteiger partial charge in [-0.3, -0.25) is 4.79 Å². The maximum atomic E-state index is 12.5. The first-order valence-corrected chi connectivity index (χ1v) is 8.58. The predicted octanol–water partition coefficient (Wildman–Crippen LogP) is 2.44. The first-order chi connectivity index (χ1) is 8.20. The van der Waals surface area contributed by atoms with Crippen LogP contribution in [-0.2, 0) is 14.8 Å². The van der Waals surface area contributed by atoms with Crippen LogP contribution in [0.1, 0.15) is 54.4 Å². The Kier molecular flexibility index (Phi) is 3.99. The maximum absolute atomic E-state index is 12.5. The topological polar surface area (TPSA) is 54.5 Å². The minimum absolute atomic E-state index is 0.179. The molecule has 0 bridgehead atoms. The van der Waals surface area contributed by atoms with E-state index in [-0.39, 0.29) is 5.78 Å². The van der Waals surface area contributed by atoms with Crippen LogP contribution in [0, 0.1) is 10.8 Å². The van der Waals surface area contributed by atoms with E-state index in [1.165, 1.54) is 10.6 Å². The van der Waals surface area contributed by atoms with Gasteiger partial charge in [0.2, 0.25) is 10.0 Å². The van der Waals surface area contributed by atoms with Crippen LogP contribution in [0.15, 0.2) is 0 Å². The minimum Gasteiger partial charge on any atom is -0.298 e. The average Bonchev–Trinajstić information content (AvgIpc) is 2.88. The fourth-order valence-corrected chi connectivity index (χ4v) is 4.01. The predicted molar refractivity (Wildman–Crippen MR) is 77.4 cm³/mol. The summed E-state index contributed by atoms with van der Waals surface area (Å²) in [5.74, 6) is 0.179. The largest absolute Gasteiger partial charge is 0.298 e. The Morgan fingerprint density at radius 1 is 1.11 bits per heavy atom. The van der Waals surface area contributed by atoms with Gasteiger partial charge < -0.3 is 0 Å². The molecular weight excluding hydrogens is 262 g/mol. The molecule has 1 aliphatic carbocycles. The zero-order valence-electron chi connectivity index (χ0n) is 13.2. The molecule has 1 aliphatic rings. The first kappa shape index (κ1) is 16.6. The Balaban J connectivity index is 3.03. The summed E-state index contributed by atoms with van der Waals surface area (Å²) in [6, 6.07) is 0. The number of nitrogens with zero attached hydrogens (tertiary/aromatic N) is 1. The van der Waals surface area contributed by atoms with Crippen LogP contribution in [0.25, 0.3) is 0 Å². The Labute approximate surface area is 117 Å². The molecule has 112 valence electrons. The third kappa shape index (κ3) is 3.78. The van der Waals surface area contributed by atoms with Gasteiger partial charge in [-0.1, -0.05) is 20.8 Å². The summed E-state index contributed by atoms with van der Waals surface area (Å²) in [4.78, 5) is 12.5. The van der Waals surface area contributed by atoms with Gasteiger partial charge in [-0.15, -0.1) is 0 Å². The van der Waals surface area contributed by atoms with Gasteiger partial charge in [-0.2, -0.15) is 4.31 Å². The Morgan fingerprint density at radius 3 is 1.74 bits per heavy atom. The summed E-state index contributed by atoms with van der Waals surface area (Å²) < 4.78 is 25.4. The van der Waals surface area contributed by atoms with E-state index in [1.54, 1.807) is 0 Å². The lowest BCUT2D eigenvalue weighted by molar-refractivity contribution is -0.132. The van der Waals surface area contributed by atoms with Crippen molar-refractivity contribution in [2.24, 2.45) is 10.8 Å². The van der Waals surface area contributed by atoms with Crippen molar-refractivity contribution in [1.29, 1.82) is 0 Å². The van der Waals surface area contributed by atoms with Crippen LogP contribution in [0.4, 0.5) is 0 Å². The fourth-order valence-electron chi connectivity index (χ4n) is 2.53. The number of hydrogen-bond donors (Lipinski definition) is 0. The fraction of sp³-hybridized carbons (Fsp3) is 0.929. The third-order valence-electron chi connectivity index (χ3n) is 3.61. The van der Waals surface area contributed by atoms with Crippen molar-refractivity contribution in [1.82, 2.24) is 4.31 Å². The molecule has 5 heteroatoms. The highest BCUT2D eigenvalue weighted by atomic mass is 32.2. The Bertz CT molecular complexity index is 462. The quantitative estimate of drug-likeness (QED) is 0.799. The number of Topliss-reactive ketones (excluding diaryl/α,β-unsaturated/α-hetero) is 1. The van der Waals surface area contributed by atoms with Gasteiger partial charge in [-0.25, -0.2) is 8.42 Å². The summed E-state index contributed by atoms with van der Waals surface area (Å²) in [6.07, 6.45) is 2.81. The van der Waals surface area contributed by atoms with Crippen LogP contribution in [-0.4, -0.2) is 36.8 Å². The number of sulfonamides is 1. The number of carbonyl (C=O) groups excluding carboxylic acids is 1. The number of ketones is 1. The van der Waals surface area contributed by atoms with Gasteiger partial charge in [0.05, 0.1) is 6.26 Å². The molecule has 0 N–H and O–H groups in total. The van der Waals surface area contributed by atoms with E-state index in [9.17, 15) is 13.2 Å². The van der Waals surface area contributed by atoms with E-state index in [0.29, 0.717) is 6.54 Å². The molecule has 1 rings (SSSR count). The van der Waals surface area contributed by atoms with Gasteiger partial charge in [-0.05, 0) is 33.6 Å². The lowest BCUT2D eigenvalue weighted by atomic mass is 9.80. The number of rotatable bonds is 4. The standard InChI is InChI=1S/C14H27NO3S/c1-12(2,3)11(16)14(8-9-14)10-15(13(4,5)6)19(7,17)18/h8-10H2,1-7H3. The summed E-state index contributed by atoms with van der Waals surface area (Å²) in [5.41, 5.74) is -1.38. The highest BCUT2D eigenvalue weighted by Crippen LogP contribution is 2.51. The second-order valence-corrected chi connectivity index (χ2v) is 9.71. The van der Waals surface area contributed by atoms with Crippen molar-refractivity contribution in [3.05, 3.63) is 0 Å². The van der Waals surface area contributed by atoms with Crippen LogP contribution >= 0.6 is 0 Å². The zero-order chi connectivity index (χ0) is 15.3. The van der Waals surface area contributed by atoms with Crippen LogP contribution < -0.4 is 0 Å².